The normalized spacial score (nSPS) is 6.62. The van der Waals surface area contributed by atoms with Crippen LogP contribution in [0.5, 0.6) is 0 Å². The minimum atomic E-state index is -0.755. The molecular formula is C4H5N2O2-. The van der Waals surface area contributed by atoms with Gasteiger partial charge in [0.2, 0.25) is 0 Å². The first kappa shape index (κ1) is 6.76. The molecule has 0 fully saturated rings. The molecule has 0 aliphatic carbocycles. The molecule has 0 N–H and O–H groups in total. The maximum absolute atomic E-state index is 10.1. The summed E-state index contributed by atoms with van der Waals surface area (Å²) in [5.74, 6) is 0.911. The van der Waals surface area contributed by atoms with Crippen LogP contribution in [0.2, 0.25) is 0 Å². The van der Waals surface area contributed by atoms with E-state index >= 15 is 0 Å². The van der Waals surface area contributed by atoms with Crippen LogP contribution in [0, 0.1) is 0 Å². The van der Waals surface area contributed by atoms with Crippen molar-refractivity contribution in [2.45, 2.75) is 6.92 Å². The van der Waals surface area contributed by atoms with E-state index in [1.807, 2.05) is 0 Å². The molecular weight excluding hydrogens is 108 g/mol. The molecule has 0 spiro atoms. The van der Waals surface area contributed by atoms with Gasteiger partial charge in [-0.05, 0) is 6.61 Å². The molecule has 0 radical (unpaired) electrons. The highest BCUT2D eigenvalue weighted by molar-refractivity contribution is 5.44. The minimum Gasteiger partial charge on any atom is -0.603 e. The second-order valence-corrected chi connectivity index (χ2v) is 0.932. The summed E-state index contributed by atoms with van der Waals surface area (Å²) in [4.78, 5) is 2.33. The third-order valence-corrected chi connectivity index (χ3v) is 0.417. The van der Waals surface area contributed by atoms with Gasteiger partial charge in [0.15, 0.2) is 5.95 Å². The Labute approximate surface area is 46.6 Å². The highest BCUT2D eigenvalue weighted by atomic mass is 16.6. The van der Waals surface area contributed by atoms with Crippen LogP contribution in [0.1, 0.15) is 6.92 Å². The summed E-state index contributed by atoms with van der Waals surface area (Å²) in [5.41, 5.74) is 7.68. The van der Waals surface area contributed by atoms with E-state index in [1.165, 1.54) is 0 Å². The van der Waals surface area contributed by atoms with Crippen molar-refractivity contribution in [2.24, 2.45) is 0 Å². The zero-order valence-electron chi connectivity index (χ0n) is 4.42. The lowest BCUT2D eigenvalue weighted by Crippen LogP contribution is -2.08. The summed E-state index contributed by atoms with van der Waals surface area (Å²) >= 11 is 0. The predicted octanol–water partition coefficient (Wildman–Crippen LogP) is -0.876. The number of hydrogen-bond acceptors (Lipinski definition) is 2. The van der Waals surface area contributed by atoms with Crippen molar-refractivity contribution >= 4 is 5.87 Å². The maximum atomic E-state index is 10.1. The molecule has 44 valence electrons. The monoisotopic (exact) mass is 113 g/mol. The molecule has 0 aliphatic heterocycles. The molecule has 0 amide bonds. The zero-order chi connectivity index (χ0) is 6.41. The molecule has 0 saturated heterocycles. The second-order valence-electron chi connectivity index (χ2n) is 0.932. The maximum Gasteiger partial charge on any atom is 0.324 e. The second kappa shape index (κ2) is 3.93. The number of hydrogen-bond donors (Lipinski definition) is 0. The van der Waals surface area contributed by atoms with E-state index in [4.69, 9.17) is 5.53 Å². The largest absolute Gasteiger partial charge is 0.603 e. The van der Waals surface area contributed by atoms with E-state index in [2.05, 4.69) is 9.53 Å². The van der Waals surface area contributed by atoms with Crippen molar-refractivity contribution in [3.05, 3.63) is 11.5 Å². The summed E-state index contributed by atoms with van der Waals surface area (Å²) in [6.45, 7) is 1.91. The molecule has 0 unspecified atom stereocenters. The molecule has 0 aromatic carbocycles. The molecule has 0 bridgehead atoms. The molecule has 4 nitrogen and oxygen atoms in total. The van der Waals surface area contributed by atoms with Crippen molar-refractivity contribution in [3.63, 3.8) is 0 Å². The van der Waals surface area contributed by atoms with Crippen LogP contribution in [0.25, 0.3) is 5.53 Å². The van der Waals surface area contributed by atoms with Crippen molar-refractivity contribution in [2.75, 3.05) is 6.61 Å². The molecule has 0 aliphatic rings. The SMILES string of the molecule is CCOC([O-])=C=[N+]=[N-]. The van der Waals surface area contributed by atoms with Crippen molar-refractivity contribution in [1.82, 2.24) is 0 Å². The molecule has 0 heterocycles. The van der Waals surface area contributed by atoms with Gasteiger partial charge in [-0.1, -0.05) is 6.92 Å². The Morgan fingerprint density at radius 3 is 3.00 bits per heavy atom. The molecule has 0 atom stereocenters. The van der Waals surface area contributed by atoms with Crippen molar-refractivity contribution < 1.29 is 14.6 Å². The Morgan fingerprint density at radius 1 is 2.00 bits per heavy atom. The first-order valence-corrected chi connectivity index (χ1v) is 2.08. The predicted molar refractivity (Wildman–Crippen MR) is 23.8 cm³/mol. The first-order chi connectivity index (χ1) is 3.81. The fraction of sp³-hybridized carbons (Fsp3) is 0.500. The smallest absolute Gasteiger partial charge is 0.324 e. The average molecular weight is 113 g/mol. The highest BCUT2D eigenvalue weighted by Gasteiger charge is 1.74. The Balaban J connectivity index is 3.81. The van der Waals surface area contributed by atoms with Gasteiger partial charge in [0.1, 0.15) is 0 Å². The first-order valence-electron chi connectivity index (χ1n) is 2.08. The average Bonchev–Trinajstić information content (AvgIpc) is 1.68. The van der Waals surface area contributed by atoms with E-state index in [1.54, 1.807) is 12.8 Å². The Bertz CT molecular complexity index is 142. The Hall–Kier alpha value is -1.24. The number of rotatable bonds is 2. The number of nitrogens with zero attached hydrogens (tertiary/aromatic N) is 2. The third-order valence-electron chi connectivity index (χ3n) is 0.417. The van der Waals surface area contributed by atoms with E-state index in [0.29, 0.717) is 0 Å². The van der Waals surface area contributed by atoms with Crippen molar-refractivity contribution in [1.29, 1.82) is 0 Å². The van der Waals surface area contributed by atoms with Gasteiger partial charge >= 0.3 is 5.87 Å². The zero-order valence-corrected chi connectivity index (χ0v) is 4.42. The molecule has 4 heteroatoms. The molecule has 0 rings (SSSR count). The summed E-state index contributed by atoms with van der Waals surface area (Å²) in [6, 6.07) is 0. The van der Waals surface area contributed by atoms with Crippen molar-refractivity contribution in [3.8, 4) is 0 Å². The number of ether oxygens (including phenoxy) is 1. The minimum absolute atomic E-state index is 0.265. The topological polar surface area (TPSA) is 68.7 Å². The van der Waals surface area contributed by atoms with Gasteiger partial charge in [-0.2, -0.15) is 0 Å². The lowest BCUT2D eigenvalue weighted by Gasteiger charge is -2.03. The van der Waals surface area contributed by atoms with E-state index in [9.17, 15) is 5.11 Å². The molecule has 0 aromatic heterocycles. The fourth-order valence-electron chi connectivity index (χ4n) is 0.204. The highest BCUT2D eigenvalue weighted by Crippen LogP contribution is 1.74. The molecule has 0 aromatic rings. The standard InChI is InChI=1S/C4H6N2O2/c1-2-8-4(7)3-6-5/h7H,2H2,1H3/p-1. The summed E-state index contributed by atoms with van der Waals surface area (Å²) < 4.78 is 4.28. The summed E-state index contributed by atoms with van der Waals surface area (Å²) in [6.07, 6.45) is 0. The van der Waals surface area contributed by atoms with Crippen LogP contribution >= 0.6 is 0 Å². The van der Waals surface area contributed by atoms with Gasteiger partial charge < -0.3 is 15.4 Å². The van der Waals surface area contributed by atoms with Crippen LogP contribution < -0.4 is 5.11 Å². The third kappa shape index (κ3) is 2.97. The molecule has 0 saturated carbocycles. The van der Waals surface area contributed by atoms with Crippen LogP contribution in [0.4, 0.5) is 0 Å². The van der Waals surface area contributed by atoms with Gasteiger partial charge in [-0.25, -0.2) is 0 Å². The van der Waals surface area contributed by atoms with Gasteiger partial charge in [0, 0.05) is 0 Å². The van der Waals surface area contributed by atoms with Gasteiger partial charge in [0.05, 0.1) is 0 Å². The Morgan fingerprint density at radius 2 is 2.62 bits per heavy atom. The van der Waals surface area contributed by atoms with E-state index < -0.39 is 5.95 Å². The van der Waals surface area contributed by atoms with Crippen LogP contribution in [0.15, 0.2) is 5.95 Å². The van der Waals surface area contributed by atoms with E-state index in [0.717, 1.165) is 0 Å². The van der Waals surface area contributed by atoms with Crippen LogP contribution in [-0.4, -0.2) is 17.3 Å². The van der Waals surface area contributed by atoms with Gasteiger partial charge in [0.25, 0.3) is 0 Å². The van der Waals surface area contributed by atoms with Crippen LogP contribution in [0.3, 0.4) is 0 Å². The molecule has 8 heavy (non-hydrogen) atoms. The quantitative estimate of drug-likeness (QED) is 0.202. The van der Waals surface area contributed by atoms with E-state index in [-0.39, 0.29) is 6.61 Å². The summed E-state index contributed by atoms with van der Waals surface area (Å²) in [5, 5.41) is 10.1. The fourth-order valence-corrected chi connectivity index (χ4v) is 0.204. The van der Waals surface area contributed by atoms with Gasteiger partial charge in [-0.15, -0.1) is 4.79 Å². The summed E-state index contributed by atoms with van der Waals surface area (Å²) in [7, 11) is 0. The lowest BCUT2D eigenvalue weighted by molar-refractivity contribution is -0.354. The van der Waals surface area contributed by atoms with Gasteiger partial charge in [-0.3, -0.25) is 0 Å². The van der Waals surface area contributed by atoms with Crippen LogP contribution in [-0.2, 0) is 4.74 Å². The Kier molecular flexibility index (Phi) is 3.32. The lowest BCUT2D eigenvalue weighted by atomic mass is 10.8.